The molecule has 0 aromatic carbocycles. The van der Waals surface area contributed by atoms with Gasteiger partial charge in [0.2, 0.25) is 0 Å². The molecule has 0 spiro atoms. The van der Waals surface area contributed by atoms with Gasteiger partial charge in [-0.05, 0) is 43.9 Å². The SMILES string of the molecule is CCC1CC(NC2CCCCC2)CN(CC2CC2)C1. The topological polar surface area (TPSA) is 15.3 Å². The quantitative estimate of drug-likeness (QED) is 0.818. The van der Waals surface area contributed by atoms with Crippen LogP contribution in [0.25, 0.3) is 0 Å². The van der Waals surface area contributed by atoms with Crippen LogP contribution in [0.4, 0.5) is 0 Å². The van der Waals surface area contributed by atoms with Crippen molar-refractivity contribution < 1.29 is 0 Å². The van der Waals surface area contributed by atoms with Gasteiger partial charge in [0.1, 0.15) is 0 Å². The van der Waals surface area contributed by atoms with Gasteiger partial charge in [-0.2, -0.15) is 0 Å². The van der Waals surface area contributed by atoms with Crippen LogP contribution in [0.1, 0.15) is 64.7 Å². The smallest absolute Gasteiger partial charge is 0.0200 e. The molecule has 2 atom stereocenters. The molecular weight excluding hydrogens is 232 g/mol. The molecule has 1 aliphatic heterocycles. The molecule has 3 rings (SSSR count). The third kappa shape index (κ3) is 4.19. The Bertz CT molecular complexity index is 268. The van der Waals surface area contributed by atoms with E-state index in [1.807, 2.05) is 0 Å². The summed E-state index contributed by atoms with van der Waals surface area (Å²) in [5.41, 5.74) is 0. The zero-order valence-electron chi connectivity index (χ0n) is 12.7. The standard InChI is InChI=1S/C17H32N2/c1-2-14-10-17(18-16-6-4-3-5-7-16)13-19(11-14)12-15-8-9-15/h14-18H,2-13H2,1H3. The molecule has 3 aliphatic rings. The molecule has 2 saturated carbocycles. The van der Waals surface area contributed by atoms with Gasteiger partial charge in [-0.1, -0.05) is 32.6 Å². The maximum atomic E-state index is 4.00. The van der Waals surface area contributed by atoms with Crippen molar-refractivity contribution in [2.75, 3.05) is 19.6 Å². The van der Waals surface area contributed by atoms with Crippen molar-refractivity contribution in [2.24, 2.45) is 11.8 Å². The lowest BCUT2D eigenvalue weighted by Crippen LogP contribution is -2.52. The Morgan fingerprint density at radius 2 is 1.68 bits per heavy atom. The van der Waals surface area contributed by atoms with Crippen LogP contribution in [0.2, 0.25) is 0 Å². The molecular formula is C17H32N2. The zero-order valence-corrected chi connectivity index (χ0v) is 12.7. The summed E-state index contributed by atoms with van der Waals surface area (Å²) in [4.78, 5) is 2.77. The van der Waals surface area contributed by atoms with Gasteiger partial charge in [-0.3, -0.25) is 0 Å². The number of rotatable bonds is 5. The number of hydrogen-bond donors (Lipinski definition) is 1. The summed E-state index contributed by atoms with van der Waals surface area (Å²) in [6.45, 7) is 6.46. The Balaban J connectivity index is 1.50. The van der Waals surface area contributed by atoms with Crippen LogP contribution in [0, 0.1) is 11.8 Å². The monoisotopic (exact) mass is 264 g/mol. The second-order valence-corrected chi connectivity index (χ2v) is 7.37. The van der Waals surface area contributed by atoms with Crippen molar-refractivity contribution in [3.8, 4) is 0 Å². The molecule has 3 fully saturated rings. The fraction of sp³-hybridized carbons (Fsp3) is 1.00. The third-order valence-electron chi connectivity index (χ3n) is 5.48. The van der Waals surface area contributed by atoms with Crippen LogP contribution < -0.4 is 5.32 Å². The first-order valence-corrected chi connectivity index (χ1v) is 8.82. The highest BCUT2D eigenvalue weighted by molar-refractivity contribution is 4.88. The minimum absolute atomic E-state index is 0.778. The second-order valence-electron chi connectivity index (χ2n) is 7.37. The normalized spacial score (nSPS) is 34.6. The fourth-order valence-electron chi connectivity index (χ4n) is 4.14. The highest BCUT2D eigenvalue weighted by atomic mass is 15.2. The van der Waals surface area contributed by atoms with Crippen LogP contribution >= 0.6 is 0 Å². The molecule has 1 N–H and O–H groups in total. The average molecular weight is 264 g/mol. The van der Waals surface area contributed by atoms with Crippen molar-refractivity contribution >= 4 is 0 Å². The molecule has 19 heavy (non-hydrogen) atoms. The Hall–Kier alpha value is -0.0800. The van der Waals surface area contributed by atoms with E-state index in [1.165, 1.54) is 77.4 Å². The van der Waals surface area contributed by atoms with E-state index >= 15 is 0 Å². The van der Waals surface area contributed by atoms with Crippen LogP contribution in [0.15, 0.2) is 0 Å². The Morgan fingerprint density at radius 1 is 0.895 bits per heavy atom. The first-order valence-electron chi connectivity index (χ1n) is 8.82. The summed E-state index contributed by atoms with van der Waals surface area (Å²) in [5.74, 6) is 1.99. The predicted octanol–water partition coefficient (Wildman–Crippen LogP) is 3.42. The summed E-state index contributed by atoms with van der Waals surface area (Å²) in [7, 11) is 0. The largest absolute Gasteiger partial charge is 0.310 e. The van der Waals surface area contributed by atoms with E-state index in [0.29, 0.717) is 0 Å². The van der Waals surface area contributed by atoms with Gasteiger partial charge in [-0.15, -0.1) is 0 Å². The van der Waals surface area contributed by atoms with Crippen molar-refractivity contribution in [3.05, 3.63) is 0 Å². The van der Waals surface area contributed by atoms with E-state index < -0.39 is 0 Å². The average Bonchev–Trinajstić information content (AvgIpc) is 3.23. The summed E-state index contributed by atoms with van der Waals surface area (Å²) in [5, 5.41) is 4.00. The molecule has 0 aromatic rings. The first kappa shape index (κ1) is 13.9. The molecule has 2 unspecified atom stereocenters. The number of nitrogens with one attached hydrogen (secondary N) is 1. The van der Waals surface area contributed by atoms with Crippen LogP contribution in [-0.2, 0) is 0 Å². The summed E-state index contributed by atoms with van der Waals surface area (Å²) in [6.07, 6.45) is 13.0. The first-order chi connectivity index (χ1) is 9.33. The predicted molar refractivity (Wildman–Crippen MR) is 81.4 cm³/mol. The second kappa shape index (κ2) is 6.58. The molecule has 0 aromatic heterocycles. The maximum absolute atomic E-state index is 4.00. The van der Waals surface area contributed by atoms with Crippen molar-refractivity contribution in [2.45, 2.75) is 76.8 Å². The fourth-order valence-corrected chi connectivity index (χ4v) is 4.14. The molecule has 110 valence electrons. The van der Waals surface area contributed by atoms with Crippen molar-refractivity contribution in [3.63, 3.8) is 0 Å². The van der Waals surface area contributed by atoms with Gasteiger partial charge in [-0.25, -0.2) is 0 Å². The summed E-state index contributed by atoms with van der Waals surface area (Å²) in [6, 6.07) is 1.61. The van der Waals surface area contributed by atoms with Crippen molar-refractivity contribution in [1.82, 2.24) is 10.2 Å². The molecule has 1 saturated heterocycles. The number of likely N-dealkylation sites (tertiary alicyclic amines) is 1. The van der Waals surface area contributed by atoms with E-state index in [4.69, 9.17) is 0 Å². The molecule has 2 heteroatoms. The van der Waals surface area contributed by atoms with Crippen LogP contribution in [-0.4, -0.2) is 36.6 Å². The van der Waals surface area contributed by atoms with E-state index in [0.717, 1.165) is 23.9 Å². The molecule has 2 aliphatic carbocycles. The van der Waals surface area contributed by atoms with Gasteiger partial charge in [0, 0.05) is 31.7 Å². The molecule has 0 amide bonds. The van der Waals surface area contributed by atoms with E-state index in [9.17, 15) is 0 Å². The van der Waals surface area contributed by atoms with E-state index in [2.05, 4.69) is 17.1 Å². The van der Waals surface area contributed by atoms with E-state index in [1.54, 1.807) is 0 Å². The van der Waals surface area contributed by atoms with Gasteiger partial charge < -0.3 is 10.2 Å². The van der Waals surface area contributed by atoms with Gasteiger partial charge in [0.15, 0.2) is 0 Å². The van der Waals surface area contributed by atoms with Crippen molar-refractivity contribution in [1.29, 1.82) is 0 Å². The molecule has 0 bridgehead atoms. The number of piperidine rings is 1. The minimum Gasteiger partial charge on any atom is -0.310 e. The highest BCUT2D eigenvalue weighted by Gasteiger charge is 2.31. The van der Waals surface area contributed by atoms with Gasteiger partial charge >= 0.3 is 0 Å². The lowest BCUT2D eigenvalue weighted by Gasteiger charge is -2.40. The number of nitrogens with zero attached hydrogens (tertiary/aromatic N) is 1. The Morgan fingerprint density at radius 3 is 2.37 bits per heavy atom. The molecule has 1 heterocycles. The van der Waals surface area contributed by atoms with Crippen LogP contribution in [0.5, 0.6) is 0 Å². The Labute approximate surface area is 119 Å². The zero-order chi connectivity index (χ0) is 13.1. The Kier molecular flexibility index (Phi) is 4.81. The number of hydrogen-bond acceptors (Lipinski definition) is 2. The summed E-state index contributed by atoms with van der Waals surface area (Å²) >= 11 is 0. The van der Waals surface area contributed by atoms with Gasteiger partial charge in [0.05, 0.1) is 0 Å². The maximum Gasteiger partial charge on any atom is 0.0200 e. The lowest BCUT2D eigenvalue weighted by atomic mass is 9.89. The third-order valence-corrected chi connectivity index (χ3v) is 5.48. The van der Waals surface area contributed by atoms with E-state index in [-0.39, 0.29) is 0 Å². The van der Waals surface area contributed by atoms with Crippen LogP contribution in [0.3, 0.4) is 0 Å². The molecule has 0 radical (unpaired) electrons. The minimum atomic E-state index is 0.778. The lowest BCUT2D eigenvalue weighted by molar-refractivity contribution is 0.124. The highest BCUT2D eigenvalue weighted by Crippen LogP contribution is 2.32. The summed E-state index contributed by atoms with van der Waals surface area (Å²) < 4.78 is 0. The van der Waals surface area contributed by atoms with Gasteiger partial charge in [0.25, 0.3) is 0 Å². The molecule has 2 nitrogen and oxygen atoms in total.